The lowest BCUT2D eigenvalue weighted by molar-refractivity contribution is -0.112. The number of hydrogen-bond acceptors (Lipinski definition) is 6. The number of ether oxygens (including phenoxy) is 2. The summed E-state index contributed by atoms with van der Waals surface area (Å²) in [5.41, 5.74) is 14.9. The van der Waals surface area contributed by atoms with Crippen molar-refractivity contribution >= 4 is 17.6 Å². The van der Waals surface area contributed by atoms with Gasteiger partial charge in [0.25, 0.3) is 5.91 Å². The van der Waals surface area contributed by atoms with Crippen LogP contribution in [0.2, 0.25) is 0 Å². The van der Waals surface area contributed by atoms with Crippen LogP contribution in [0.5, 0.6) is 0 Å². The summed E-state index contributed by atoms with van der Waals surface area (Å²) in [5, 5.41) is 2.68. The van der Waals surface area contributed by atoms with Crippen molar-refractivity contribution in [3.05, 3.63) is 76.7 Å². The monoisotopic (exact) mass is 369 g/mol. The standard InChI is InChI=1S/C20H23N3O4/c1-13-7-8-14(20(25)26-2)9-17(13)23-19(24)10-18(22)27-12-16-6-4-3-5-15(16)11-21/h3-10H,11-12,21-22H2,1-2H3,(H,23,24)/b18-10+. The fourth-order valence-electron chi connectivity index (χ4n) is 2.40. The van der Waals surface area contributed by atoms with Crippen LogP contribution in [0.15, 0.2) is 54.4 Å². The van der Waals surface area contributed by atoms with Crippen LogP contribution in [0.25, 0.3) is 0 Å². The third-order valence-electron chi connectivity index (χ3n) is 3.92. The van der Waals surface area contributed by atoms with E-state index in [-0.39, 0.29) is 12.5 Å². The molecule has 7 heteroatoms. The first-order valence-corrected chi connectivity index (χ1v) is 8.31. The van der Waals surface area contributed by atoms with Crippen molar-refractivity contribution in [3.8, 4) is 0 Å². The molecule has 0 saturated heterocycles. The molecule has 0 radical (unpaired) electrons. The molecule has 0 aliphatic heterocycles. The van der Waals surface area contributed by atoms with E-state index in [9.17, 15) is 9.59 Å². The lowest BCUT2D eigenvalue weighted by atomic mass is 10.1. The van der Waals surface area contributed by atoms with E-state index in [1.807, 2.05) is 31.2 Å². The number of nitrogens with one attached hydrogen (secondary N) is 1. The van der Waals surface area contributed by atoms with Gasteiger partial charge in [-0.1, -0.05) is 30.3 Å². The Morgan fingerprint density at radius 1 is 1.15 bits per heavy atom. The third-order valence-corrected chi connectivity index (χ3v) is 3.92. The van der Waals surface area contributed by atoms with Crippen LogP contribution in [-0.4, -0.2) is 19.0 Å². The number of nitrogens with two attached hydrogens (primary N) is 2. The smallest absolute Gasteiger partial charge is 0.337 e. The van der Waals surface area contributed by atoms with E-state index in [4.69, 9.17) is 16.2 Å². The second-order valence-corrected chi connectivity index (χ2v) is 5.82. The SMILES string of the molecule is COC(=O)c1ccc(C)c(NC(=O)/C=C(\N)OCc2ccccc2CN)c1. The van der Waals surface area contributed by atoms with Gasteiger partial charge in [-0.05, 0) is 35.7 Å². The number of hydrogen-bond donors (Lipinski definition) is 3. The normalized spacial score (nSPS) is 11.0. The molecule has 0 aliphatic carbocycles. The van der Waals surface area contributed by atoms with Crippen LogP contribution in [0, 0.1) is 6.92 Å². The van der Waals surface area contributed by atoms with Gasteiger partial charge in [0, 0.05) is 12.2 Å². The topological polar surface area (TPSA) is 117 Å². The van der Waals surface area contributed by atoms with Crippen LogP contribution >= 0.6 is 0 Å². The highest BCUT2D eigenvalue weighted by molar-refractivity contribution is 6.01. The first-order valence-electron chi connectivity index (χ1n) is 8.31. The Hall–Kier alpha value is -3.32. The molecular weight excluding hydrogens is 346 g/mol. The lowest BCUT2D eigenvalue weighted by Crippen LogP contribution is -2.14. The maximum atomic E-state index is 12.2. The van der Waals surface area contributed by atoms with E-state index >= 15 is 0 Å². The van der Waals surface area contributed by atoms with Crippen molar-refractivity contribution in [3.63, 3.8) is 0 Å². The highest BCUT2D eigenvalue weighted by Gasteiger charge is 2.10. The molecule has 0 heterocycles. The highest BCUT2D eigenvalue weighted by atomic mass is 16.5. The zero-order chi connectivity index (χ0) is 19.8. The molecule has 0 aromatic heterocycles. The largest absolute Gasteiger partial charge is 0.474 e. The molecule has 5 N–H and O–H groups in total. The van der Waals surface area contributed by atoms with Crippen molar-refractivity contribution < 1.29 is 19.1 Å². The predicted octanol–water partition coefficient (Wildman–Crippen LogP) is 2.20. The number of methoxy groups -OCH3 is 1. The molecule has 0 bridgehead atoms. The van der Waals surface area contributed by atoms with E-state index in [0.717, 1.165) is 22.8 Å². The average molecular weight is 369 g/mol. The predicted molar refractivity (Wildman–Crippen MR) is 103 cm³/mol. The first kappa shape index (κ1) is 20.0. The summed E-state index contributed by atoms with van der Waals surface area (Å²) in [7, 11) is 1.30. The summed E-state index contributed by atoms with van der Waals surface area (Å²) < 4.78 is 10.1. The van der Waals surface area contributed by atoms with Gasteiger partial charge in [-0.2, -0.15) is 0 Å². The van der Waals surface area contributed by atoms with Crippen molar-refractivity contribution in [1.82, 2.24) is 0 Å². The molecule has 27 heavy (non-hydrogen) atoms. The Kier molecular flexibility index (Phi) is 6.96. The molecule has 0 fully saturated rings. The number of carbonyl (C=O) groups excluding carboxylic acids is 2. The quantitative estimate of drug-likeness (QED) is 0.391. The van der Waals surface area contributed by atoms with Gasteiger partial charge < -0.3 is 26.3 Å². The van der Waals surface area contributed by atoms with Crippen LogP contribution in [-0.2, 0) is 27.4 Å². The number of anilines is 1. The third kappa shape index (κ3) is 5.58. The van der Waals surface area contributed by atoms with E-state index in [1.165, 1.54) is 7.11 Å². The molecule has 0 unspecified atom stereocenters. The van der Waals surface area contributed by atoms with Crippen molar-refractivity contribution in [2.75, 3.05) is 12.4 Å². The second-order valence-electron chi connectivity index (χ2n) is 5.82. The zero-order valence-corrected chi connectivity index (χ0v) is 15.3. The lowest BCUT2D eigenvalue weighted by Gasteiger charge is -2.11. The summed E-state index contributed by atoms with van der Waals surface area (Å²) >= 11 is 0. The summed E-state index contributed by atoms with van der Waals surface area (Å²) in [6, 6.07) is 12.4. The summed E-state index contributed by atoms with van der Waals surface area (Å²) in [6.07, 6.45) is 1.15. The molecule has 142 valence electrons. The number of carbonyl (C=O) groups is 2. The maximum absolute atomic E-state index is 12.2. The van der Waals surface area contributed by atoms with Gasteiger partial charge in [-0.3, -0.25) is 4.79 Å². The number of esters is 1. The Morgan fingerprint density at radius 3 is 2.52 bits per heavy atom. The van der Waals surface area contributed by atoms with Crippen molar-refractivity contribution in [2.45, 2.75) is 20.1 Å². The molecule has 0 saturated carbocycles. The Balaban J connectivity index is 2.02. The minimum Gasteiger partial charge on any atom is -0.474 e. The molecule has 0 aliphatic rings. The van der Waals surface area contributed by atoms with Crippen molar-refractivity contribution in [2.24, 2.45) is 11.5 Å². The van der Waals surface area contributed by atoms with Crippen LogP contribution < -0.4 is 16.8 Å². The van der Waals surface area contributed by atoms with Gasteiger partial charge in [0.1, 0.15) is 6.61 Å². The van der Waals surface area contributed by atoms with Gasteiger partial charge in [0.2, 0.25) is 0 Å². The Bertz CT molecular complexity index is 862. The Labute approximate surface area is 157 Å². The molecule has 2 aromatic rings. The minimum absolute atomic E-state index is 0.0268. The maximum Gasteiger partial charge on any atom is 0.337 e. The van der Waals surface area contributed by atoms with Crippen LogP contribution in [0.1, 0.15) is 27.0 Å². The molecule has 0 spiro atoms. The van der Waals surface area contributed by atoms with E-state index in [1.54, 1.807) is 18.2 Å². The fraction of sp³-hybridized carbons (Fsp3) is 0.200. The number of aryl methyl sites for hydroxylation is 1. The summed E-state index contributed by atoms with van der Waals surface area (Å²) in [4.78, 5) is 23.8. The molecule has 1 amide bonds. The Morgan fingerprint density at radius 2 is 1.85 bits per heavy atom. The molecule has 7 nitrogen and oxygen atoms in total. The molecular formula is C20H23N3O4. The van der Waals surface area contributed by atoms with Crippen LogP contribution in [0.4, 0.5) is 5.69 Å². The molecule has 2 rings (SSSR count). The molecule has 0 atom stereocenters. The fourth-order valence-corrected chi connectivity index (χ4v) is 2.40. The van der Waals surface area contributed by atoms with Gasteiger partial charge in [-0.25, -0.2) is 4.79 Å². The number of benzene rings is 2. The van der Waals surface area contributed by atoms with Crippen molar-refractivity contribution in [1.29, 1.82) is 0 Å². The van der Waals surface area contributed by atoms with Gasteiger partial charge in [0.15, 0.2) is 5.88 Å². The number of amides is 1. The van der Waals surface area contributed by atoms with E-state index < -0.39 is 11.9 Å². The van der Waals surface area contributed by atoms with Gasteiger partial charge in [0.05, 0.1) is 18.7 Å². The second kappa shape index (κ2) is 9.40. The summed E-state index contributed by atoms with van der Waals surface area (Å²) in [6.45, 7) is 2.41. The highest BCUT2D eigenvalue weighted by Crippen LogP contribution is 2.18. The van der Waals surface area contributed by atoms with Gasteiger partial charge in [-0.15, -0.1) is 0 Å². The van der Waals surface area contributed by atoms with E-state index in [2.05, 4.69) is 10.1 Å². The molecule has 2 aromatic carbocycles. The van der Waals surface area contributed by atoms with E-state index in [0.29, 0.717) is 17.8 Å². The van der Waals surface area contributed by atoms with Crippen LogP contribution in [0.3, 0.4) is 0 Å². The average Bonchev–Trinajstić information content (AvgIpc) is 2.67. The first-order chi connectivity index (χ1) is 12.9. The number of rotatable bonds is 7. The minimum atomic E-state index is -0.484. The van der Waals surface area contributed by atoms with Gasteiger partial charge >= 0.3 is 5.97 Å². The summed E-state index contributed by atoms with van der Waals surface area (Å²) in [5.74, 6) is -0.978. The zero-order valence-electron chi connectivity index (χ0n) is 15.3.